The van der Waals surface area contributed by atoms with Crippen LogP contribution in [0.25, 0.3) is 4.85 Å². The van der Waals surface area contributed by atoms with Gasteiger partial charge in [0.15, 0.2) is 5.00 Å². The highest BCUT2D eigenvalue weighted by Gasteiger charge is 2.11. The van der Waals surface area contributed by atoms with E-state index in [4.69, 9.17) is 6.57 Å². The van der Waals surface area contributed by atoms with Crippen LogP contribution in [-0.2, 0) is 0 Å². The maximum Gasteiger partial charge on any atom is 0.247 e. The van der Waals surface area contributed by atoms with E-state index in [1.165, 1.54) is 17.2 Å². The van der Waals surface area contributed by atoms with Crippen LogP contribution in [0, 0.1) is 20.4 Å². The molecule has 1 aromatic heterocycles. The fourth-order valence-corrected chi connectivity index (χ4v) is 3.23. The van der Waals surface area contributed by atoms with Crippen LogP contribution in [0.15, 0.2) is 28.4 Å². The summed E-state index contributed by atoms with van der Waals surface area (Å²) < 4.78 is 4.17. The summed E-state index contributed by atoms with van der Waals surface area (Å²) in [6, 6.07) is 6.20. The van der Waals surface area contributed by atoms with Crippen LogP contribution < -0.4 is 9.99 Å². The van der Waals surface area contributed by atoms with E-state index in [9.17, 15) is 0 Å². The van der Waals surface area contributed by atoms with Gasteiger partial charge in [-0.3, -0.25) is 5.09 Å². The second-order valence-corrected chi connectivity index (χ2v) is 6.81. The average Bonchev–Trinajstić information content (AvgIpc) is 2.97. The lowest BCUT2D eigenvalue weighted by atomic mass is 10.1. The van der Waals surface area contributed by atoms with Crippen LogP contribution in [0.4, 0.5) is 22.1 Å². The Morgan fingerprint density at radius 2 is 2.12 bits per heavy atom. The third-order valence-electron chi connectivity index (χ3n) is 3.74. The highest BCUT2D eigenvalue weighted by Crippen LogP contribution is 2.37. The van der Waals surface area contributed by atoms with Crippen LogP contribution >= 0.6 is 20.9 Å². The zero-order valence-corrected chi connectivity index (χ0v) is 16.8. The largest absolute Gasteiger partial charge is 0.370 e. The number of nitrogens with one attached hydrogen (secondary N) is 1. The Morgan fingerprint density at radius 1 is 1.32 bits per heavy atom. The molecule has 6 nitrogen and oxygen atoms in total. The minimum absolute atomic E-state index is 0.488. The van der Waals surface area contributed by atoms with Crippen molar-refractivity contribution >= 4 is 43.0 Å². The van der Waals surface area contributed by atoms with Crippen LogP contribution in [0.5, 0.6) is 0 Å². The molecule has 1 atom stereocenters. The molecule has 0 bridgehead atoms. The van der Waals surface area contributed by atoms with Crippen molar-refractivity contribution in [3.05, 3.63) is 40.9 Å². The van der Waals surface area contributed by atoms with Crippen molar-refractivity contribution in [2.24, 2.45) is 10.2 Å². The number of anilines is 1. The van der Waals surface area contributed by atoms with Gasteiger partial charge in [0, 0.05) is 25.3 Å². The fraction of sp³-hybridized carbons (Fsp3) is 0.412. The van der Waals surface area contributed by atoms with Gasteiger partial charge in [-0.15, -0.1) is 5.11 Å². The number of hydrogen-bond acceptors (Lipinski definition) is 6. The number of aromatic nitrogens is 1. The summed E-state index contributed by atoms with van der Waals surface area (Å²) in [7, 11) is 2.54. The normalized spacial score (nSPS) is 11.0. The number of aryl methyl sites for hydroxylation is 2. The van der Waals surface area contributed by atoms with Crippen molar-refractivity contribution in [1.29, 1.82) is 0 Å². The first-order valence-electron chi connectivity index (χ1n) is 8.15. The molecule has 0 aliphatic carbocycles. The number of azo groups is 1. The molecular formula is C17H23N6PS. The van der Waals surface area contributed by atoms with Gasteiger partial charge >= 0.3 is 0 Å². The van der Waals surface area contributed by atoms with E-state index in [2.05, 4.69) is 57.9 Å². The van der Waals surface area contributed by atoms with E-state index >= 15 is 0 Å². The first kappa shape index (κ1) is 19.5. The monoisotopic (exact) mass is 374 g/mol. The summed E-state index contributed by atoms with van der Waals surface area (Å²) in [5.41, 5.74) is 4.26. The van der Waals surface area contributed by atoms with Crippen LogP contribution in [0.3, 0.4) is 0 Å². The van der Waals surface area contributed by atoms with Crippen molar-refractivity contribution in [3.8, 4) is 0 Å². The third kappa shape index (κ3) is 5.05. The average molecular weight is 374 g/mol. The minimum atomic E-state index is 0.488. The van der Waals surface area contributed by atoms with Gasteiger partial charge in [0.1, 0.15) is 0 Å². The van der Waals surface area contributed by atoms with Gasteiger partial charge in [0.2, 0.25) is 5.69 Å². The highest BCUT2D eigenvalue weighted by molar-refractivity contribution is 7.13. The lowest BCUT2D eigenvalue weighted by Crippen LogP contribution is -2.30. The van der Waals surface area contributed by atoms with E-state index < -0.39 is 0 Å². The van der Waals surface area contributed by atoms with Crippen LogP contribution in [0.1, 0.15) is 24.6 Å². The van der Waals surface area contributed by atoms with Gasteiger partial charge < -0.3 is 4.90 Å². The Kier molecular flexibility index (Phi) is 7.45. The number of rotatable bonds is 8. The molecule has 25 heavy (non-hydrogen) atoms. The van der Waals surface area contributed by atoms with Gasteiger partial charge in [-0.2, -0.15) is 5.11 Å². The zero-order valence-electron chi connectivity index (χ0n) is 14.8. The molecule has 0 amide bonds. The first-order chi connectivity index (χ1) is 12.1. The second-order valence-electron chi connectivity index (χ2n) is 5.65. The van der Waals surface area contributed by atoms with E-state index in [-0.39, 0.29) is 0 Å². The molecule has 0 saturated carbocycles. The Labute approximate surface area is 155 Å². The van der Waals surface area contributed by atoms with Crippen molar-refractivity contribution in [3.63, 3.8) is 0 Å². The molecule has 1 heterocycles. The van der Waals surface area contributed by atoms with Gasteiger partial charge in [-0.1, -0.05) is 16.3 Å². The molecule has 2 rings (SSSR count). The third-order valence-corrected chi connectivity index (χ3v) is 4.84. The van der Waals surface area contributed by atoms with E-state index in [1.54, 1.807) is 0 Å². The van der Waals surface area contributed by atoms with Crippen molar-refractivity contribution in [2.45, 2.75) is 27.2 Å². The molecular weight excluding hydrogens is 351 g/mol. The number of hydrogen-bond donors (Lipinski definition) is 1. The smallest absolute Gasteiger partial charge is 0.247 e. The maximum atomic E-state index is 7.22. The molecule has 0 aliphatic rings. The minimum Gasteiger partial charge on any atom is -0.370 e. The van der Waals surface area contributed by atoms with Gasteiger partial charge in [0.25, 0.3) is 0 Å². The van der Waals surface area contributed by atoms with Crippen molar-refractivity contribution in [1.82, 2.24) is 9.46 Å². The molecule has 1 unspecified atom stereocenters. The summed E-state index contributed by atoms with van der Waals surface area (Å²) in [4.78, 5) is 5.84. The summed E-state index contributed by atoms with van der Waals surface area (Å²) in [6.07, 6.45) is 1.10. The predicted octanol–water partition coefficient (Wildman–Crippen LogP) is 5.32. The van der Waals surface area contributed by atoms with Gasteiger partial charge in [-0.25, -0.2) is 9.22 Å². The standard InChI is InChI=1S/C17H23N6PS/c1-5-9-23(10-8-19-24)14-6-7-15(12(2)11-14)20-21-17-16(18-4)13(3)22-25-17/h6-7,11,19H,5,8-10,24H2,1-3H3. The van der Waals surface area contributed by atoms with Crippen LogP contribution in [0.2, 0.25) is 0 Å². The Hall–Kier alpha value is -1.87. The molecule has 0 spiro atoms. The van der Waals surface area contributed by atoms with E-state index in [0.29, 0.717) is 16.4 Å². The summed E-state index contributed by atoms with van der Waals surface area (Å²) >= 11 is 1.21. The molecule has 132 valence electrons. The summed E-state index contributed by atoms with van der Waals surface area (Å²) in [6.45, 7) is 16.1. The Morgan fingerprint density at radius 3 is 2.76 bits per heavy atom. The van der Waals surface area contributed by atoms with Crippen molar-refractivity contribution in [2.75, 3.05) is 24.5 Å². The Balaban J connectivity index is 2.21. The molecule has 2 aromatic rings. The molecule has 0 aliphatic heterocycles. The molecule has 0 fully saturated rings. The van der Waals surface area contributed by atoms with Crippen LogP contribution in [-0.4, -0.2) is 24.0 Å². The lowest BCUT2D eigenvalue weighted by molar-refractivity contribution is 0.748. The number of benzene rings is 1. The highest BCUT2D eigenvalue weighted by atomic mass is 32.1. The van der Waals surface area contributed by atoms with E-state index in [0.717, 1.165) is 37.3 Å². The quantitative estimate of drug-likeness (QED) is 0.386. The second kappa shape index (κ2) is 9.57. The Bertz CT molecular complexity index is 780. The summed E-state index contributed by atoms with van der Waals surface area (Å²) in [5.74, 6) is 0. The molecule has 1 aromatic carbocycles. The topological polar surface area (TPSA) is 57.2 Å². The molecule has 0 radical (unpaired) electrons. The SMILES string of the molecule is [C-]#[N+]c1c(C)nsc1N=Nc1ccc(N(CCC)CCNP)cc1C. The molecule has 0 saturated heterocycles. The molecule has 8 heteroatoms. The predicted molar refractivity (Wildman–Crippen MR) is 109 cm³/mol. The summed E-state index contributed by atoms with van der Waals surface area (Å²) in [5, 5.41) is 12.2. The number of nitrogens with zero attached hydrogens (tertiary/aromatic N) is 5. The van der Waals surface area contributed by atoms with Gasteiger partial charge in [-0.05, 0) is 55.6 Å². The fourth-order valence-electron chi connectivity index (χ4n) is 2.43. The first-order valence-corrected chi connectivity index (χ1v) is 9.50. The van der Waals surface area contributed by atoms with E-state index in [1.807, 2.05) is 19.9 Å². The maximum absolute atomic E-state index is 7.22. The van der Waals surface area contributed by atoms with Crippen molar-refractivity contribution < 1.29 is 0 Å². The zero-order chi connectivity index (χ0) is 18.2. The van der Waals surface area contributed by atoms with Gasteiger partial charge in [0.05, 0.1) is 18.0 Å². The lowest BCUT2D eigenvalue weighted by Gasteiger charge is -2.24. The molecule has 1 N–H and O–H groups in total.